The lowest BCUT2D eigenvalue weighted by atomic mass is 9.63. The van der Waals surface area contributed by atoms with E-state index < -0.39 is 37.8 Å². The fourth-order valence-corrected chi connectivity index (χ4v) is 16.5. The van der Waals surface area contributed by atoms with Gasteiger partial charge in [0.15, 0.2) is 0 Å². The van der Waals surface area contributed by atoms with Crippen molar-refractivity contribution in [3.8, 4) is 33.4 Å². The molecule has 15 rings (SSSR count). The zero-order chi connectivity index (χ0) is 44.2. The van der Waals surface area contributed by atoms with E-state index in [2.05, 4.69) is 206 Å². The number of hydrogen-bond acceptors (Lipinski definition) is 2. The van der Waals surface area contributed by atoms with E-state index in [9.17, 15) is 8.42 Å². The first-order valence-electron chi connectivity index (χ1n) is 23.0. The van der Waals surface area contributed by atoms with Gasteiger partial charge in [0.2, 0.25) is 0 Å². The van der Waals surface area contributed by atoms with Gasteiger partial charge in [-0.3, -0.25) is 0 Å². The standard InChI is InChI=1S/C63H38O2S2/c64-66-57-29-13-9-25-51(57)62(52-26-10-14-30-58(52)66)49-23-7-3-19-43(49)45-35-33-39(37-55(45)62)61(47-21-5-1-17-41(47)42-18-2-6-22-48(42)61)40-34-36-46-44-20-4-8-24-50(44)63(56(46)38-40)53-27-11-15-31-59(53)67(65)60-32-16-12-28-54(60)63/h1-38H. The molecule has 314 valence electrons. The lowest BCUT2D eigenvalue weighted by molar-refractivity contribution is 0.658. The van der Waals surface area contributed by atoms with Gasteiger partial charge >= 0.3 is 0 Å². The summed E-state index contributed by atoms with van der Waals surface area (Å²) in [6, 6.07) is 83.9. The van der Waals surface area contributed by atoms with Crippen LogP contribution >= 0.6 is 0 Å². The molecule has 0 amide bonds. The molecule has 3 aliphatic carbocycles. The van der Waals surface area contributed by atoms with Crippen molar-refractivity contribution >= 4 is 21.6 Å². The highest BCUT2D eigenvalue weighted by atomic mass is 32.2. The Bertz CT molecular complexity index is 3540. The van der Waals surface area contributed by atoms with Crippen LogP contribution in [-0.2, 0) is 37.8 Å². The molecule has 10 aromatic carbocycles. The summed E-state index contributed by atoms with van der Waals surface area (Å²) in [5.41, 5.74) is 19.0. The number of fused-ring (bicyclic) bond motifs is 21. The van der Waals surface area contributed by atoms with E-state index in [1.54, 1.807) is 0 Å². The Balaban J connectivity index is 1.08. The average molecular weight is 891 g/mol. The summed E-state index contributed by atoms with van der Waals surface area (Å²) in [6.07, 6.45) is 0. The second kappa shape index (κ2) is 13.3. The van der Waals surface area contributed by atoms with Crippen LogP contribution in [0.2, 0.25) is 0 Å². The largest absolute Gasteiger partial charge is 0.249 e. The van der Waals surface area contributed by atoms with Crippen molar-refractivity contribution < 1.29 is 8.42 Å². The minimum absolute atomic E-state index is 0.712. The summed E-state index contributed by atoms with van der Waals surface area (Å²) in [4.78, 5) is 3.44. The van der Waals surface area contributed by atoms with Gasteiger partial charge < -0.3 is 0 Å². The van der Waals surface area contributed by atoms with Crippen LogP contribution in [-0.4, -0.2) is 8.42 Å². The highest BCUT2D eigenvalue weighted by molar-refractivity contribution is 7.85. The van der Waals surface area contributed by atoms with Gasteiger partial charge in [-0.1, -0.05) is 206 Å². The van der Waals surface area contributed by atoms with E-state index >= 15 is 0 Å². The van der Waals surface area contributed by atoms with Crippen LogP contribution in [0.15, 0.2) is 250 Å². The molecule has 2 spiro atoms. The van der Waals surface area contributed by atoms with Crippen LogP contribution in [0.5, 0.6) is 0 Å². The third-order valence-electron chi connectivity index (χ3n) is 15.9. The molecule has 0 saturated carbocycles. The Hall–Kier alpha value is -7.50. The van der Waals surface area contributed by atoms with Crippen molar-refractivity contribution in [2.24, 2.45) is 0 Å². The molecule has 0 aromatic heterocycles. The Labute approximate surface area is 394 Å². The Kier molecular flexibility index (Phi) is 7.49. The molecule has 0 fully saturated rings. The van der Waals surface area contributed by atoms with Gasteiger partial charge in [0.1, 0.15) is 0 Å². The topological polar surface area (TPSA) is 34.1 Å². The lowest BCUT2D eigenvalue weighted by Crippen LogP contribution is -2.36. The van der Waals surface area contributed by atoms with E-state index in [0.717, 1.165) is 41.8 Å². The Morgan fingerprint density at radius 2 is 0.463 bits per heavy atom. The van der Waals surface area contributed by atoms with Crippen molar-refractivity contribution in [2.45, 2.75) is 35.8 Å². The molecular weight excluding hydrogens is 853 g/mol. The first-order chi connectivity index (χ1) is 33.1. The van der Waals surface area contributed by atoms with E-state index in [4.69, 9.17) is 0 Å². The zero-order valence-corrected chi connectivity index (χ0v) is 37.7. The molecule has 0 saturated heterocycles. The SMILES string of the molecule is O=S1c2ccccc2C2(c3ccccc3-c3ccc(C4(c5ccc6c(c5)C5(c7ccccc7-6)c6ccccc6S(=O)c6ccccc65)c5ccccc5-c5ccccc54)cc32)c2ccccc21. The summed E-state index contributed by atoms with van der Waals surface area (Å²) < 4.78 is 29.3. The van der Waals surface area contributed by atoms with Gasteiger partial charge in [0.25, 0.3) is 0 Å². The summed E-state index contributed by atoms with van der Waals surface area (Å²) in [5.74, 6) is 0. The summed E-state index contributed by atoms with van der Waals surface area (Å²) in [7, 11) is -2.69. The van der Waals surface area contributed by atoms with Crippen molar-refractivity contribution in [3.05, 3.63) is 297 Å². The van der Waals surface area contributed by atoms with Crippen LogP contribution in [0, 0.1) is 0 Å². The molecule has 0 atom stereocenters. The third-order valence-corrected chi connectivity index (χ3v) is 18.9. The van der Waals surface area contributed by atoms with Crippen molar-refractivity contribution in [2.75, 3.05) is 0 Å². The fourth-order valence-electron chi connectivity index (χ4n) is 13.5. The Morgan fingerprint density at radius 3 is 0.776 bits per heavy atom. The molecule has 5 aliphatic rings. The van der Waals surface area contributed by atoms with Gasteiger partial charge in [-0.2, -0.15) is 0 Å². The van der Waals surface area contributed by atoms with Gasteiger partial charge in [0, 0.05) is 19.6 Å². The molecular formula is C63H38O2S2. The molecule has 67 heavy (non-hydrogen) atoms. The van der Waals surface area contributed by atoms with E-state index in [1.165, 1.54) is 77.9 Å². The molecule has 2 nitrogen and oxygen atoms in total. The quantitative estimate of drug-likeness (QED) is 0.173. The number of benzene rings is 10. The molecule has 0 bridgehead atoms. The zero-order valence-electron chi connectivity index (χ0n) is 36.1. The van der Waals surface area contributed by atoms with E-state index in [0.29, 0.717) is 0 Å². The maximum absolute atomic E-state index is 14.6. The normalized spacial score (nSPS) is 20.9. The van der Waals surface area contributed by atoms with Crippen LogP contribution < -0.4 is 0 Å². The van der Waals surface area contributed by atoms with Crippen molar-refractivity contribution in [3.63, 3.8) is 0 Å². The molecule has 0 radical (unpaired) electrons. The molecule has 10 aromatic rings. The summed E-state index contributed by atoms with van der Waals surface area (Å²) in [5, 5.41) is 0. The average Bonchev–Trinajstić information content (AvgIpc) is 3.98. The van der Waals surface area contributed by atoms with E-state index in [1.807, 2.05) is 24.3 Å². The van der Waals surface area contributed by atoms with Crippen molar-refractivity contribution in [1.82, 2.24) is 0 Å². The first kappa shape index (κ1) is 37.7. The Morgan fingerprint density at radius 1 is 0.224 bits per heavy atom. The van der Waals surface area contributed by atoms with Gasteiger partial charge in [-0.15, -0.1) is 0 Å². The van der Waals surface area contributed by atoms with Gasteiger partial charge in [-0.25, -0.2) is 8.42 Å². The van der Waals surface area contributed by atoms with E-state index in [-0.39, 0.29) is 0 Å². The lowest BCUT2D eigenvalue weighted by Gasteiger charge is -2.41. The third kappa shape index (κ3) is 4.38. The number of rotatable bonds is 2. The van der Waals surface area contributed by atoms with Gasteiger partial charge in [0.05, 0.1) is 37.8 Å². The summed E-state index contributed by atoms with van der Waals surface area (Å²) >= 11 is 0. The number of hydrogen-bond donors (Lipinski definition) is 0. The van der Waals surface area contributed by atoms with Gasteiger partial charge in [-0.05, 0) is 124 Å². The minimum atomic E-state index is -1.35. The highest BCUT2D eigenvalue weighted by Crippen LogP contribution is 2.65. The smallest absolute Gasteiger partial charge is 0.0856 e. The predicted octanol–water partition coefficient (Wildman–Crippen LogP) is 13.7. The molecule has 2 aliphatic heterocycles. The maximum Gasteiger partial charge on any atom is 0.0856 e. The monoisotopic (exact) mass is 890 g/mol. The van der Waals surface area contributed by atoms with Crippen LogP contribution in [0.4, 0.5) is 0 Å². The summed E-state index contributed by atoms with van der Waals surface area (Å²) in [6.45, 7) is 0. The molecule has 2 heterocycles. The molecule has 0 N–H and O–H groups in total. The van der Waals surface area contributed by atoms with Crippen molar-refractivity contribution in [1.29, 1.82) is 0 Å². The first-order valence-corrected chi connectivity index (χ1v) is 25.3. The minimum Gasteiger partial charge on any atom is -0.249 e. The van der Waals surface area contributed by atoms with Crippen LogP contribution in [0.1, 0.15) is 66.8 Å². The highest BCUT2D eigenvalue weighted by Gasteiger charge is 2.56. The second-order valence-electron chi connectivity index (χ2n) is 18.5. The second-order valence-corrected chi connectivity index (χ2v) is 21.3. The predicted molar refractivity (Wildman–Crippen MR) is 268 cm³/mol. The van der Waals surface area contributed by atoms with Crippen LogP contribution in [0.3, 0.4) is 0 Å². The maximum atomic E-state index is 14.6. The molecule has 4 heteroatoms. The van der Waals surface area contributed by atoms with Crippen LogP contribution in [0.25, 0.3) is 33.4 Å². The molecule has 0 unspecified atom stereocenters. The fraction of sp³-hybridized carbons (Fsp3) is 0.0476.